The molecule has 1 atom stereocenters. The Labute approximate surface area is 204 Å². The first-order valence-electron chi connectivity index (χ1n) is 11.1. The SMILES string of the molecule is C=CCn1c(SCC(=O)Nc2ccc(C(C)=O)cc2)nnc1C(C)Oc1ccc(C(C)C)cc1. The van der Waals surface area contributed by atoms with E-state index in [1.807, 2.05) is 23.6 Å². The number of ether oxygens (including phenoxy) is 1. The normalized spacial score (nSPS) is 11.8. The quantitative estimate of drug-likeness (QED) is 0.217. The summed E-state index contributed by atoms with van der Waals surface area (Å²) in [6.45, 7) is 12.1. The minimum absolute atomic E-state index is 0.0171. The average Bonchev–Trinajstić information content (AvgIpc) is 3.21. The zero-order valence-electron chi connectivity index (χ0n) is 19.9. The number of ketones is 1. The Hall–Kier alpha value is -3.39. The lowest BCUT2D eigenvalue weighted by Gasteiger charge is -2.16. The van der Waals surface area contributed by atoms with Gasteiger partial charge in [0, 0.05) is 17.8 Å². The Morgan fingerprint density at radius 2 is 1.76 bits per heavy atom. The molecule has 1 unspecified atom stereocenters. The van der Waals surface area contributed by atoms with Crippen molar-refractivity contribution < 1.29 is 14.3 Å². The molecule has 0 radical (unpaired) electrons. The van der Waals surface area contributed by atoms with Gasteiger partial charge in [-0.15, -0.1) is 16.8 Å². The van der Waals surface area contributed by atoms with Crippen molar-refractivity contribution in [1.82, 2.24) is 14.8 Å². The predicted octanol–water partition coefficient (Wildman–Crippen LogP) is 5.66. The molecule has 1 amide bonds. The maximum absolute atomic E-state index is 12.4. The smallest absolute Gasteiger partial charge is 0.234 e. The Bertz CT molecular complexity index is 1140. The van der Waals surface area contributed by atoms with E-state index >= 15 is 0 Å². The third-order valence-electron chi connectivity index (χ3n) is 5.19. The van der Waals surface area contributed by atoms with Gasteiger partial charge in [-0.05, 0) is 61.7 Å². The zero-order chi connectivity index (χ0) is 24.7. The summed E-state index contributed by atoms with van der Waals surface area (Å²) < 4.78 is 8.00. The summed E-state index contributed by atoms with van der Waals surface area (Å²) in [5, 5.41) is 12.0. The highest BCUT2D eigenvalue weighted by atomic mass is 32.2. The van der Waals surface area contributed by atoms with Crippen LogP contribution in [0.25, 0.3) is 0 Å². The zero-order valence-corrected chi connectivity index (χ0v) is 20.8. The number of rotatable bonds is 11. The van der Waals surface area contributed by atoms with E-state index in [0.29, 0.717) is 34.7 Å². The molecule has 2 aromatic carbocycles. The van der Waals surface area contributed by atoms with Crippen molar-refractivity contribution >= 4 is 29.1 Å². The predicted molar refractivity (Wildman–Crippen MR) is 136 cm³/mol. The van der Waals surface area contributed by atoms with Crippen LogP contribution in [0.1, 0.15) is 61.5 Å². The van der Waals surface area contributed by atoms with E-state index in [9.17, 15) is 9.59 Å². The van der Waals surface area contributed by atoms with Gasteiger partial charge in [0.1, 0.15) is 5.75 Å². The van der Waals surface area contributed by atoms with Gasteiger partial charge in [-0.1, -0.05) is 43.8 Å². The average molecular weight is 479 g/mol. The summed E-state index contributed by atoms with van der Waals surface area (Å²) in [7, 11) is 0. The topological polar surface area (TPSA) is 86.1 Å². The van der Waals surface area contributed by atoms with Gasteiger partial charge in [0.15, 0.2) is 22.9 Å². The van der Waals surface area contributed by atoms with Gasteiger partial charge in [-0.25, -0.2) is 0 Å². The molecule has 8 heteroatoms. The lowest BCUT2D eigenvalue weighted by molar-refractivity contribution is -0.113. The van der Waals surface area contributed by atoms with Gasteiger partial charge in [0.05, 0.1) is 5.75 Å². The molecule has 0 bridgehead atoms. The molecule has 1 aromatic heterocycles. The van der Waals surface area contributed by atoms with Crippen molar-refractivity contribution in [3.8, 4) is 5.75 Å². The van der Waals surface area contributed by atoms with Gasteiger partial charge in [0.2, 0.25) is 5.91 Å². The molecular formula is C26H30N4O3S. The number of allylic oxidation sites excluding steroid dienone is 1. The number of thioether (sulfide) groups is 1. The number of aromatic nitrogens is 3. The van der Waals surface area contributed by atoms with Crippen LogP contribution in [0.15, 0.2) is 66.3 Å². The van der Waals surface area contributed by atoms with Crippen LogP contribution in [0.5, 0.6) is 5.75 Å². The number of nitrogens with zero attached hydrogens (tertiary/aromatic N) is 3. The maximum Gasteiger partial charge on any atom is 0.234 e. The Kier molecular flexibility index (Phi) is 8.65. The summed E-state index contributed by atoms with van der Waals surface area (Å²) in [5.41, 5.74) is 2.49. The summed E-state index contributed by atoms with van der Waals surface area (Å²) in [6, 6.07) is 14.9. The second-order valence-electron chi connectivity index (χ2n) is 8.19. The van der Waals surface area contributed by atoms with Crippen LogP contribution in [0, 0.1) is 0 Å². The van der Waals surface area contributed by atoms with Crippen molar-refractivity contribution in [1.29, 1.82) is 0 Å². The fourth-order valence-corrected chi connectivity index (χ4v) is 4.07. The van der Waals surface area contributed by atoms with E-state index in [1.165, 1.54) is 24.2 Å². The summed E-state index contributed by atoms with van der Waals surface area (Å²) in [6.07, 6.45) is 1.43. The molecule has 3 rings (SSSR count). The molecule has 1 N–H and O–H groups in total. The van der Waals surface area contributed by atoms with E-state index in [2.05, 4.69) is 48.1 Å². The highest BCUT2D eigenvalue weighted by Gasteiger charge is 2.20. The largest absolute Gasteiger partial charge is 0.483 e. The van der Waals surface area contributed by atoms with Crippen molar-refractivity contribution in [3.05, 3.63) is 78.1 Å². The monoisotopic (exact) mass is 478 g/mol. The summed E-state index contributed by atoms with van der Waals surface area (Å²) >= 11 is 1.29. The van der Waals surface area contributed by atoms with Gasteiger partial charge < -0.3 is 10.1 Å². The molecule has 0 aliphatic carbocycles. The van der Waals surface area contributed by atoms with Crippen LogP contribution in [-0.2, 0) is 11.3 Å². The number of benzene rings is 2. The first-order valence-corrected chi connectivity index (χ1v) is 12.1. The molecule has 0 saturated carbocycles. The highest BCUT2D eigenvalue weighted by molar-refractivity contribution is 7.99. The van der Waals surface area contributed by atoms with Crippen molar-refractivity contribution in [2.45, 2.75) is 51.4 Å². The van der Waals surface area contributed by atoms with Gasteiger partial charge >= 0.3 is 0 Å². The number of anilines is 1. The van der Waals surface area contributed by atoms with Crippen LogP contribution < -0.4 is 10.1 Å². The van der Waals surface area contributed by atoms with E-state index < -0.39 is 0 Å². The Balaban J connectivity index is 1.63. The summed E-state index contributed by atoms with van der Waals surface area (Å²) in [5.74, 6) is 1.85. The van der Waals surface area contributed by atoms with Crippen molar-refractivity contribution in [2.24, 2.45) is 0 Å². The third kappa shape index (κ3) is 6.57. The minimum Gasteiger partial charge on any atom is -0.483 e. The number of amides is 1. The van der Waals surface area contributed by atoms with Gasteiger partial charge in [-0.3, -0.25) is 14.2 Å². The lowest BCUT2D eigenvalue weighted by atomic mass is 10.0. The number of hydrogen-bond acceptors (Lipinski definition) is 6. The molecule has 0 spiro atoms. The number of nitrogens with one attached hydrogen (secondary N) is 1. The molecule has 0 fully saturated rings. The second-order valence-corrected chi connectivity index (χ2v) is 9.14. The number of carbonyl (C=O) groups is 2. The van der Waals surface area contributed by atoms with E-state index in [1.54, 1.807) is 30.3 Å². The first-order chi connectivity index (χ1) is 16.3. The minimum atomic E-state index is -0.333. The number of carbonyl (C=O) groups excluding carboxylic acids is 2. The number of hydrogen-bond donors (Lipinski definition) is 1. The molecule has 7 nitrogen and oxygen atoms in total. The molecule has 0 aliphatic rings. The van der Waals surface area contributed by atoms with Crippen molar-refractivity contribution in [2.75, 3.05) is 11.1 Å². The van der Waals surface area contributed by atoms with E-state index in [-0.39, 0.29) is 23.5 Å². The molecule has 0 aliphatic heterocycles. The fraction of sp³-hybridized carbons (Fsp3) is 0.308. The molecule has 178 valence electrons. The highest BCUT2D eigenvalue weighted by Crippen LogP contribution is 2.26. The van der Waals surface area contributed by atoms with Crippen LogP contribution >= 0.6 is 11.8 Å². The van der Waals surface area contributed by atoms with E-state index in [4.69, 9.17) is 4.74 Å². The number of Topliss-reactive ketones (excluding diaryl/α,β-unsaturated/α-hetero) is 1. The van der Waals surface area contributed by atoms with Crippen LogP contribution in [0.2, 0.25) is 0 Å². The van der Waals surface area contributed by atoms with Crippen LogP contribution in [0.4, 0.5) is 5.69 Å². The third-order valence-corrected chi connectivity index (χ3v) is 6.15. The molecule has 3 aromatic rings. The van der Waals surface area contributed by atoms with Crippen LogP contribution in [0.3, 0.4) is 0 Å². The molecule has 0 saturated heterocycles. The van der Waals surface area contributed by atoms with Crippen LogP contribution in [-0.4, -0.2) is 32.2 Å². The molecule has 1 heterocycles. The van der Waals surface area contributed by atoms with Crippen molar-refractivity contribution in [3.63, 3.8) is 0 Å². The van der Waals surface area contributed by atoms with E-state index in [0.717, 1.165) is 5.75 Å². The lowest BCUT2D eigenvalue weighted by Crippen LogP contribution is -2.15. The second kappa shape index (κ2) is 11.7. The Morgan fingerprint density at radius 3 is 2.35 bits per heavy atom. The first kappa shape index (κ1) is 25.2. The van der Waals surface area contributed by atoms with Gasteiger partial charge in [-0.2, -0.15) is 0 Å². The van der Waals surface area contributed by atoms with Gasteiger partial charge in [0.25, 0.3) is 0 Å². The standard InChI is InChI=1S/C26H30N4O3S/c1-6-15-30-25(19(5)33-23-13-9-20(10-14-23)17(2)3)28-29-26(30)34-16-24(32)27-22-11-7-21(8-12-22)18(4)31/h6-14,17,19H,1,15-16H2,2-5H3,(H,27,32). The fourth-order valence-electron chi connectivity index (χ4n) is 3.31. The molecular weight excluding hydrogens is 448 g/mol. The Morgan fingerprint density at radius 1 is 1.09 bits per heavy atom. The maximum atomic E-state index is 12.4. The molecule has 34 heavy (non-hydrogen) atoms. The summed E-state index contributed by atoms with van der Waals surface area (Å²) in [4.78, 5) is 23.8.